The van der Waals surface area contributed by atoms with E-state index in [-0.39, 0.29) is 47.6 Å². The number of hydrogen-bond donors (Lipinski definition) is 6. The topological polar surface area (TPSA) is 174 Å². The Kier molecular flexibility index (Phi) is 12.1. The average molecular weight is 782 g/mol. The van der Waals surface area contributed by atoms with Crippen molar-refractivity contribution in [1.29, 1.82) is 0 Å². The van der Waals surface area contributed by atoms with Gasteiger partial charge in [0.2, 0.25) is 5.56 Å². The number of aliphatic hydroxyl groups excluding tert-OH is 1. The number of phenols is 1. The highest BCUT2D eigenvalue weighted by Gasteiger charge is 2.37. The van der Waals surface area contributed by atoms with E-state index < -0.39 is 24.1 Å². The van der Waals surface area contributed by atoms with Crippen LogP contribution in [-0.4, -0.2) is 78.1 Å². The molecular formula is C42H44ClN5O8. The number of piperidine rings is 3. The third-order valence-electron chi connectivity index (χ3n) is 10.4. The van der Waals surface area contributed by atoms with Crippen molar-refractivity contribution < 1.29 is 34.0 Å². The number of methoxy groups -OCH3 is 1. The molecular weight excluding hydrogens is 738 g/mol. The first kappa shape index (κ1) is 38.7. The fraction of sp³-hybridized carbons (Fsp3) is 0.310. The SMILES string of the molecule is COc1cc(NC(=O)COc2cccc([C@@H](NC(=O)O[C@H]3CN4CCC3CC4)c3ccccc3)c2)c(Cl)cc1CNC[C@H](O)c1ccc(O)c2[nH]c(=O)ccc12. The predicted molar refractivity (Wildman–Crippen MR) is 212 cm³/mol. The van der Waals surface area contributed by atoms with Crippen molar-refractivity contribution in [2.75, 3.05) is 45.2 Å². The zero-order valence-corrected chi connectivity index (χ0v) is 31.6. The number of nitrogens with zero attached hydrogens (tertiary/aromatic N) is 1. The van der Waals surface area contributed by atoms with Crippen molar-refractivity contribution in [2.45, 2.75) is 37.6 Å². The lowest BCUT2D eigenvalue weighted by Crippen LogP contribution is -2.52. The summed E-state index contributed by atoms with van der Waals surface area (Å²) in [5.74, 6) is 0.741. The van der Waals surface area contributed by atoms with E-state index in [1.54, 1.807) is 42.5 Å². The summed E-state index contributed by atoms with van der Waals surface area (Å²) >= 11 is 6.60. The first-order chi connectivity index (χ1) is 27.1. The molecule has 0 spiro atoms. The molecule has 4 heterocycles. The zero-order chi connectivity index (χ0) is 39.2. The number of aliphatic hydroxyl groups is 1. The number of aromatic amines is 1. The van der Waals surface area contributed by atoms with Gasteiger partial charge in [0.05, 0.1) is 35.5 Å². The van der Waals surface area contributed by atoms with E-state index in [0.29, 0.717) is 39.6 Å². The van der Waals surface area contributed by atoms with Crippen LogP contribution >= 0.6 is 11.6 Å². The summed E-state index contributed by atoms with van der Waals surface area (Å²) in [5, 5.41) is 30.9. The van der Waals surface area contributed by atoms with Crippen LogP contribution in [0.15, 0.2) is 95.8 Å². The second kappa shape index (κ2) is 17.5. The molecule has 2 bridgehead atoms. The number of rotatable bonds is 14. The molecule has 56 heavy (non-hydrogen) atoms. The molecule has 14 heteroatoms. The number of halogens is 1. The molecule has 3 atom stereocenters. The molecule has 8 rings (SSSR count). The Balaban J connectivity index is 0.954. The van der Waals surface area contributed by atoms with E-state index in [1.807, 2.05) is 36.4 Å². The van der Waals surface area contributed by atoms with Crippen molar-refractivity contribution in [3.8, 4) is 17.2 Å². The number of H-pyrrole nitrogens is 1. The third kappa shape index (κ3) is 9.09. The van der Waals surface area contributed by atoms with E-state index in [4.69, 9.17) is 25.8 Å². The maximum atomic E-state index is 13.2. The summed E-state index contributed by atoms with van der Waals surface area (Å²) in [7, 11) is 1.50. The lowest BCUT2D eigenvalue weighted by atomic mass is 9.86. The van der Waals surface area contributed by atoms with Crippen molar-refractivity contribution >= 4 is 40.2 Å². The van der Waals surface area contributed by atoms with Gasteiger partial charge in [-0.25, -0.2) is 4.79 Å². The molecule has 3 fully saturated rings. The number of ether oxygens (including phenoxy) is 3. The fourth-order valence-electron chi connectivity index (χ4n) is 7.48. The fourth-order valence-corrected chi connectivity index (χ4v) is 7.71. The van der Waals surface area contributed by atoms with Crippen molar-refractivity contribution in [1.82, 2.24) is 20.5 Å². The number of benzene rings is 4. The zero-order valence-electron chi connectivity index (χ0n) is 30.8. The minimum atomic E-state index is -0.957. The summed E-state index contributed by atoms with van der Waals surface area (Å²) in [4.78, 5) is 43.0. The van der Waals surface area contributed by atoms with E-state index in [2.05, 4.69) is 25.8 Å². The molecule has 3 saturated heterocycles. The number of nitrogens with one attached hydrogen (secondary N) is 4. The van der Waals surface area contributed by atoms with E-state index in [1.165, 1.54) is 19.2 Å². The molecule has 3 aliphatic rings. The minimum Gasteiger partial charge on any atom is -0.506 e. The van der Waals surface area contributed by atoms with Gasteiger partial charge in [-0.2, -0.15) is 0 Å². The Morgan fingerprint density at radius 3 is 2.52 bits per heavy atom. The monoisotopic (exact) mass is 781 g/mol. The van der Waals surface area contributed by atoms with Crippen LogP contribution in [0.2, 0.25) is 5.02 Å². The molecule has 4 aromatic carbocycles. The van der Waals surface area contributed by atoms with E-state index in [0.717, 1.165) is 43.6 Å². The minimum absolute atomic E-state index is 0.0893. The first-order valence-corrected chi connectivity index (χ1v) is 18.9. The number of fused-ring (bicyclic) bond motifs is 4. The molecule has 13 nitrogen and oxygen atoms in total. The van der Waals surface area contributed by atoms with Gasteiger partial charge in [0.1, 0.15) is 23.4 Å². The molecule has 2 amide bonds. The standard InChI is InChI=1S/C42H44ClN5O8/c1-54-36-20-33(32(43)19-28(36)21-44-22-35(50)30-10-12-34(49)41-31(30)11-13-38(51)46-41)45-39(52)24-55-29-9-5-8-27(18-29)40(26-6-3-2-4-7-26)47-42(53)56-37-23-48-16-14-25(37)15-17-48/h2-13,18-20,25,35,37,40,44,49-50H,14-17,21-24H2,1H3,(H,45,52)(H,46,51)(H,47,53)/t35-,37-,40-/m0/s1. The van der Waals surface area contributed by atoms with Crippen molar-refractivity contribution in [2.24, 2.45) is 5.92 Å². The van der Waals surface area contributed by atoms with Crippen LogP contribution in [-0.2, 0) is 16.1 Å². The van der Waals surface area contributed by atoms with Gasteiger partial charge in [0.25, 0.3) is 5.91 Å². The summed E-state index contributed by atoms with van der Waals surface area (Å²) in [6, 6.07) is 25.5. The normalized spacial score (nSPS) is 18.5. The summed E-state index contributed by atoms with van der Waals surface area (Å²) in [6.07, 6.45) is 0.516. The highest BCUT2D eigenvalue weighted by atomic mass is 35.5. The molecule has 292 valence electrons. The Morgan fingerprint density at radius 2 is 1.77 bits per heavy atom. The second-order valence-corrected chi connectivity index (χ2v) is 14.5. The predicted octanol–water partition coefficient (Wildman–Crippen LogP) is 5.65. The highest BCUT2D eigenvalue weighted by molar-refractivity contribution is 6.33. The van der Waals surface area contributed by atoms with Crippen LogP contribution in [0.25, 0.3) is 10.9 Å². The van der Waals surface area contributed by atoms with Gasteiger partial charge in [-0.3, -0.25) is 14.5 Å². The summed E-state index contributed by atoms with van der Waals surface area (Å²) in [5.41, 5.74) is 3.07. The number of aromatic hydroxyl groups is 1. The third-order valence-corrected chi connectivity index (χ3v) is 10.7. The van der Waals surface area contributed by atoms with Gasteiger partial charge >= 0.3 is 6.09 Å². The van der Waals surface area contributed by atoms with Gasteiger partial charge < -0.3 is 45.4 Å². The molecule has 1 aromatic heterocycles. The number of anilines is 1. The number of carbonyl (C=O) groups excluding carboxylic acids is 2. The van der Waals surface area contributed by atoms with Gasteiger partial charge in [-0.05, 0) is 78.9 Å². The molecule has 6 N–H and O–H groups in total. The van der Waals surface area contributed by atoms with Crippen molar-refractivity contribution in [3.63, 3.8) is 0 Å². The largest absolute Gasteiger partial charge is 0.506 e. The lowest BCUT2D eigenvalue weighted by molar-refractivity contribution is -0.118. The first-order valence-electron chi connectivity index (χ1n) is 18.5. The number of alkyl carbamates (subject to hydrolysis) is 1. The molecule has 5 aromatic rings. The van der Waals surface area contributed by atoms with E-state index >= 15 is 0 Å². The highest BCUT2D eigenvalue weighted by Crippen LogP contribution is 2.33. The molecule has 0 aliphatic carbocycles. The molecule has 3 aliphatic heterocycles. The second-order valence-electron chi connectivity index (χ2n) is 14.1. The van der Waals surface area contributed by atoms with Gasteiger partial charge in [0, 0.05) is 42.7 Å². The van der Waals surface area contributed by atoms with Gasteiger partial charge in [-0.15, -0.1) is 0 Å². The number of hydrogen-bond acceptors (Lipinski definition) is 10. The quantitative estimate of drug-likeness (QED) is 0.0827. The van der Waals surface area contributed by atoms with Crippen LogP contribution in [0.4, 0.5) is 10.5 Å². The molecule has 0 unspecified atom stereocenters. The van der Waals surface area contributed by atoms with Gasteiger partial charge in [0.15, 0.2) is 6.61 Å². The maximum Gasteiger partial charge on any atom is 0.408 e. The van der Waals surface area contributed by atoms with E-state index in [9.17, 15) is 24.6 Å². The Morgan fingerprint density at radius 1 is 0.982 bits per heavy atom. The summed E-state index contributed by atoms with van der Waals surface area (Å²) in [6.45, 7) is 2.97. The Bertz CT molecular complexity index is 2240. The van der Waals surface area contributed by atoms with Gasteiger partial charge in [-0.1, -0.05) is 60.1 Å². The van der Waals surface area contributed by atoms with Crippen LogP contribution in [0.5, 0.6) is 17.2 Å². The van der Waals surface area contributed by atoms with Crippen molar-refractivity contribution in [3.05, 3.63) is 129 Å². The molecule has 0 saturated carbocycles. The number of pyridine rings is 1. The maximum absolute atomic E-state index is 13.2. The van der Waals surface area contributed by atoms with Crippen LogP contribution in [0.3, 0.4) is 0 Å². The Labute approximate surface area is 328 Å². The number of carbonyl (C=O) groups is 2. The smallest absolute Gasteiger partial charge is 0.408 e. The lowest BCUT2D eigenvalue weighted by Gasteiger charge is -2.43. The number of aromatic nitrogens is 1. The van der Waals surface area contributed by atoms with Crippen LogP contribution in [0.1, 0.15) is 47.2 Å². The number of amides is 2. The summed E-state index contributed by atoms with van der Waals surface area (Å²) < 4.78 is 17.4. The van der Waals surface area contributed by atoms with Crippen LogP contribution < -0.4 is 31.0 Å². The average Bonchev–Trinajstić information content (AvgIpc) is 3.21. The number of phenolic OH excluding ortho intramolecular Hbond substituents is 1. The Hall–Kier alpha value is -5.60. The molecule has 0 radical (unpaired) electrons. The van der Waals surface area contributed by atoms with Crippen LogP contribution in [0, 0.1) is 5.92 Å².